The maximum Gasteiger partial charge on any atom is 0.235 e. The standard InChI is InChI=1S/C16H18BrNO4S/c1-11-6-7-15(22-11)12(2)18-16(19)10-23(20,21)9-13-4-3-5-14(17)8-13/h3-8,12H,9-10H2,1-2H3,(H,18,19). The number of benzene rings is 1. The molecule has 7 heteroatoms. The molecule has 23 heavy (non-hydrogen) atoms. The van der Waals surface area contributed by atoms with Gasteiger partial charge in [-0.05, 0) is 43.7 Å². The smallest absolute Gasteiger partial charge is 0.235 e. The molecule has 1 unspecified atom stereocenters. The van der Waals surface area contributed by atoms with Crippen molar-refractivity contribution in [3.05, 3.63) is 58.0 Å². The molecule has 1 N–H and O–H groups in total. The van der Waals surface area contributed by atoms with Crippen LogP contribution in [0, 0.1) is 6.92 Å². The van der Waals surface area contributed by atoms with E-state index < -0.39 is 21.5 Å². The zero-order valence-corrected chi connectivity index (χ0v) is 15.3. The molecule has 1 heterocycles. The molecule has 0 aliphatic carbocycles. The third-order valence-electron chi connectivity index (χ3n) is 3.19. The van der Waals surface area contributed by atoms with Crippen molar-refractivity contribution >= 4 is 31.7 Å². The van der Waals surface area contributed by atoms with Gasteiger partial charge in [-0.25, -0.2) is 8.42 Å². The second kappa shape index (κ2) is 7.31. The average Bonchev–Trinajstić information content (AvgIpc) is 2.84. The van der Waals surface area contributed by atoms with Gasteiger partial charge in [0.2, 0.25) is 5.91 Å². The predicted molar refractivity (Wildman–Crippen MR) is 91.6 cm³/mol. The summed E-state index contributed by atoms with van der Waals surface area (Å²) in [6.45, 7) is 3.55. The Kier molecular flexibility index (Phi) is 5.64. The van der Waals surface area contributed by atoms with Crippen molar-refractivity contribution in [1.82, 2.24) is 5.32 Å². The van der Waals surface area contributed by atoms with Gasteiger partial charge in [0.05, 0.1) is 11.8 Å². The van der Waals surface area contributed by atoms with Gasteiger partial charge in [-0.15, -0.1) is 0 Å². The SMILES string of the molecule is Cc1ccc(C(C)NC(=O)CS(=O)(=O)Cc2cccc(Br)c2)o1. The van der Waals surface area contributed by atoms with E-state index in [2.05, 4.69) is 21.2 Å². The van der Waals surface area contributed by atoms with Crippen molar-refractivity contribution in [1.29, 1.82) is 0 Å². The summed E-state index contributed by atoms with van der Waals surface area (Å²) in [7, 11) is -3.54. The molecule has 1 atom stereocenters. The summed E-state index contributed by atoms with van der Waals surface area (Å²) in [6.07, 6.45) is 0. The van der Waals surface area contributed by atoms with Gasteiger partial charge in [-0.1, -0.05) is 28.1 Å². The van der Waals surface area contributed by atoms with Gasteiger partial charge in [0.25, 0.3) is 0 Å². The lowest BCUT2D eigenvalue weighted by Gasteiger charge is -2.12. The van der Waals surface area contributed by atoms with Gasteiger partial charge in [0, 0.05) is 4.47 Å². The molecule has 0 saturated heterocycles. The Morgan fingerprint density at radius 1 is 1.30 bits per heavy atom. The molecule has 0 spiro atoms. The largest absolute Gasteiger partial charge is 0.464 e. The molecule has 0 aliphatic heterocycles. The molecule has 5 nitrogen and oxygen atoms in total. The van der Waals surface area contributed by atoms with Crippen LogP contribution in [-0.2, 0) is 20.4 Å². The summed E-state index contributed by atoms with van der Waals surface area (Å²) in [5.41, 5.74) is 0.641. The number of halogens is 1. The average molecular weight is 400 g/mol. The number of rotatable bonds is 6. The molecule has 0 radical (unpaired) electrons. The quantitative estimate of drug-likeness (QED) is 0.809. The monoisotopic (exact) mass is 399 g/mol. The number of amides is 1. The number of carbonyl (C=O) groups is 1. The molecule has 1 aromatic heterocycles. The topological polar surface area (TPSA) is 76.4 Å². The van der Waals surface area contributed by atoms with Crippen LogP contribution in [0.25, 0.3) is 0 Å². The fraction of sp³-hybridized carbons (Fsp3) is 0.312. The second-order valence-corrected chi connectivity index (χ2v) is 8.38. The Labute approximate surface area is 144 Å². The van der Waals surface area contributed by atoms with Crippen molar-refractivity contribution in [2.24, 2.45) is 0 Å². The molecule has 0 saturated carbocycles. The highest BCUT2D eigenvalue weighted by Gasteiger charge is 2.20. The first-order valence-electron chi connectivity index (χ1n) is 7.06. The second-order valence-electron chi connectivity index (χ2n) is 5.40. The normalized spacial score (nSPS) is 12.8. The van der Waals surface area contributed by atoms with Gasteiger partial charge in [-0.2, -0.15) is 0 Å². The van der Waals surface area contributed by atoms with E-state index in [1.807, 2.05) is 6.07 Å². The van der Waals surface area contributed by atoms with E-state index in [1.54, 1.807) is 44.2 Å². The summed E-state index contributed by atoms with van der Waals surface area (Å²) in [4.78, 5) is 12.0. The van der Waals surface area contributed by atoms with Gasteiger partial charge in [0.1, 0.15) is 17.3 Å². The van der Waals surface area contributed by atoms with E-state index in [0.29, 0.717) is 11.3 Å². The Morgan fingerprint density at radius 2 is 2.04 bits per heavy atom. The number of carbonyl (C=O) groups excluding carboxylic acids is 1. The van der Waals surface area contributed by atoms with Crippen LogP contribution in [0.2, 0.25) is 0 Å². The third kappa shape index (κ3) is 5.51. The van der Waals surface area contributed by atoms with Crippen molar-refractivity contribution in [3.63, 3.8) is 0 Å². The lowest BCUT2D eigenvalue weighted by atomic mass is 10.2. The van der Waals surface area contributed by atoms with Crippen LogP contribution >= 0.6 is 15.9 Å². The lowest BCUT2D eigenvalue weighted by Crippen LogP contribution is -2.32. The highest BCUT2D eigenvalue weighted by atomic mass is 79.9. The zero-order valence-electron chi connectivity index (χ0n) is 12.9. The molecule has 2 aromatic rings. The maximum atomic E-state index is 12.1. The predicted octanol–water partition coefficient (Wildman–Crippen LogP) is 3.14. The molecular formula is C16H18BrNO4S. The molecule has 1 amide bonds. The van der Waals surface area contributed by atoms with Crippen LogP contribution in [0.1, 0.15) is 30.0 Å². The van der Waals surface area contributed by atoms with Crippen LogP contribution in [0.3, 0.4) is 0 Å². The number of furan rings is 1. The van der Waals surface area contributed by atoms with Crippen LogP contribution in [0.5, 0.6) is 0 Å². The fourth-order valence-electron chi connectivity index (χ4n) is 2.17. The molecule has 0 fully saturated rings. The number of nitrogens with one attached hydrogen (secondary N) is 1. The van der Waals surface area contributed by atoms with Crippen LogP contribution in [0.4, 0.5) is 0 Å². The van der Waals surface area contributed by atoms with E-state index in [1.165, 1.54) is 0 Å². The minimum absolute atomic E-state index is 0.173. The minimum atomic E-state index is -3.54. The Balaban J connectivity index is 1.95. The Morgan fingerprint density at radius 3 is 2.65 bits per heavy atom. The van der Waals surface area contributed by atoms with E-state index in [-0.39, 0.29) is 11.8 Å². The molecule has 0 aliphatic rings. The van der Waals surface area contributed by atoms with E-state index in [9.17, 15) is 13.2 Å². The highest BCUT2D eigenvalue weighted by Crippen LogP contribution is 2.16. The van der Waals surface area contributed by atoms with Crippen LogP contribution in [0.15, 0.2) is 45.3 Å². The molecule has 2 rings (SSSR count). The number of hydrogen-bond donors (Lipinski definition) is 1. The van der Waals surface area contributed by atoms with Crippen molar-refractivity contribution < 1.29 is 17.6 Å². The maximum absolute atomic E-state index is 12.1. The van der Waals surface area contributed by atoms with Gasteiger partial charge in [0.15, 0.2) is 9.84 Å². The molecule has 1 aromatic carbocycles. The molecule has 124 valence electrons. The summed E-state index contributed by atoms with van der Waals surface area (Å²) in [5.74, 6) is 0.0719. The molecular weight excluding hydrogens is 382 g/mol. The first-order chi connectivity index (χ1) is 10.7. The van der Waals surface area contributed by atoms with E-state index in [4.69, 9.17) is 4.42 Å². The van der Waals surface area contributed by atoms with E-state index in [0.717, 1.165) is 10.2 Å². The highest BCUT2D eigenvalue weighted by molar-refractivity contribution is 9.10. The third-order valence-corrected chi connectivity index (χ3v) is 5.16. The zero-order chi connectivity index (χ0) is 17.0. The number of aryl methyl sites for hydroxylation is 1. The van der Waals surface area contributed by atoms with Crippen molar-refractivity contribution in [2.45, 2.75) is 25.6 Å². The fourth-order valence-corrected chi connectivity index (χ4v) is 3.89. The minimum Gasteiger partial charge on any atom is -0.464 e. The number of hydrogen-bond acceptors (Lipinski definition) is 4. The Bertz CT molecular complexity index is 798. The summed E-state index contributed by atoms with van der Waals surface area (Å²) in [5, 5.41) is 2.64. The van der Waals surface area contributed by atoms with Crippen LogP contribution in [-0.4, -0.2) is 20.1 Å². The molecule has 0 bridgehead atoms. The van der Waals surface area contributed by atoms with E-state index >= 15 is 0 Å². The van der Waals surface area contributed by atoms with Gasteiger partial charge in [-0.3, -0.25) is 4.79 Å². The Hall–Kier alpha value is -1.60. The lowest BCUT2D eigenvalue weighted by molar-refractivity contribution is -0.119. The number of sulfone groups is 1. The first-order valence-corrected chi connectivity index (χ1v) is 9.67. The summed E-state index contributed by atoms with van der Waals surface area (Å²) in [6, 6.07) is 10.2. The summed E-state index contributed by atoms with van der Waals surface area (Å²) < 4.78 is 30.5. The van der Waals surface area contributed by atoms with Crippen LogP contribution < -0.4 is 5.32 Å². The summed E-state index contributed by atoms with van der Waals surface area (Å²) >= 11 is 3.30. The van der Waals surface area contributed by atoms with Gasteiger partial charge < -0.3 is 9.73 Å². The van der Waals surface area contributed by atoms with Crippen molar-refractivity contribution in [3.8, 4) is 0 Å². The first kappa shape index (κ1) is 17.7. The van der Waals surface area contributed by atoms with Gasteiger partial charge >= 0.3 is 0 Å². The van der Waals surface area contributed by atoms with Crippen molar-refractivity contribution in [2.75, 3.05) is 5.75 Å².